The maximum Gasteiger partial charge on any atom is 0.0673 e. The summed E-state index contributed by atoms with van der Waals surface area (Å²) >= 11 is 6.11. The summed E-state index contributed by atoms with van der Waals surface area (Å²) in [7, 11) is 0. The summed E-state index contributed by atoms with van der Waals surface area (Å²) in [4.78, 5) is 4.54. The minimum absolute atomic E-state index is 0.658. The fourth-order valence-electron chi connectivity index (χ4n) is 2.49. The summed E-state index contributed by atoms with van der Waals surface area (Å²) in [5.74, 6) is 0.658. The quantitative estimate of drug-likeness (QED) is 0.574. The Morgan fingerprint density at radius 3 is 2.33 bits per heavy atom. The van der Waals surface area contributed by atoms with Crippen molar-refractivity contribution in [2.24, 2.45) is 4.99 Å². The van der Waals surface area contributed by atoms with Gasteiger partial charge in [-0.05, 0) is 54.5 Å². The zero-order chi connectivity index (χ0) is 15.2. The van der Waals surface area contributed by atoms with E-state index in [4.69, 9.17) is 11.6 Å². The molecule has 0 spiro atoms. The molecular formula is C19H22ClN. The standard InChI is InChI=1S/C19H22ClN/c1-4-16(5-2)17-11-9-15(10-12-17)13-21-19-8-6-7-18(20)14(19)3/h6-13,16H,4-5H2,1-3H3. The fourth-order valence-corrected chi connectivity index (χ4v) is 2.66. The number of halogens is 1. The Balaban J connectivity index is 2.16. The van der Waals surface area contributed by atoms with Crippen LogP contribution in [0.3, 0.4) is 0 Å². The second kappa shape index (κ2) is 7.42. The normalized spacial score (nSPS) is 11.5. The molecule has 0 heterocycles. The molecule has 0 aromatic heterocycles. The van der Waals surface area contributed by atoms with E-state index in [1.54, 1.807) is 0 Å². The van der Waals surface area contributed by atoms with Crippen molar-refractivity contribution in [1.82, 2.24) is 0 Å². The summed E-state index contributed by atoms with van der Waals surface area (Å²) in [5.41, 5.74) is 4.47. The summed E-state index contributed by atoms with van der Waals surface area (Å²) in [5, 5.41) is 0.758. The summed E-state index contributed by atoms with van der Waals surface area (Å²) in [6.07, 6.45) is 4.27. The first-order valence-corrected chi connectivity index (χ1v) is 7.92. The average Bonchev–Trinajstić information content (AvgIpc) is 2.51. The van der Waals surface area contributed by atoms with Crippen LogP contribution >= 0.6 is 11.6 Å². The number of rotatable bonds is 5. The Morgan fingerprint density at radius 2 is 1.71 bits per heavy atom. The monoisotopic (exact) mass is 299 g/mol. The van der Waals surface area contributed by atoms with Gasteiger partial charge in [0, 0.05) is 11.2 Å². The molecule has 2 aromatic carbocycles. The molecule has 0 atom stereocenters. The van der Waals surface area contributed by atoms with Gasteiger partial charge < -0.3 is 0 Å². The number of aliphatic imine (C=N–C) groups is 1. The lowest BCUT2D eigenvalue weighted by Crippen LogP contribution is -1.95. The minimum atomic E-state index is 0.658. The van der Waals surface area contributed by atoms with E-state index in [1.165, 1.54) is 18.4 Å². The van der Waals surface area contributed by atoms with Gasteiger partial charge >= 0.3 is 0 Å². The van der Waals surface area contributed by atoms with E-state index in [0.29, 0.717) is 5.92 Å². The van der Waals surface area contributed by atoms with Gasteiger partial charge in [0.25, 0.3) is 0 Å². The SMILES string of the molecule is CCC(CC)c1ccc(C=Nc2cccc(Cl)c2C)cc1. The lowest BCUT2D eigenvalue weighted by Gasteiger charge is -2.12. The van der Waals surface area contributed by atoms with Crippen LogP contribution in [-0.2, 0) is 0 Å². The molecule has 0 aliphatic rings. The molecule has 0 aliphatic carbocycles. The van der Waals surface area contributed by atoms with Crippen molar-refractivity contribution in [3.63, 3.8) is 0 Å². The molecule has 2 rings (SSSR count). The lowest BCUT2D eigenvalue weighted by molar-refractivity contribution is 0.642. The third-order valence-electron chi connectivity index (χ3n) is 3.99. The van der Waals surface area contributed by atoms with Gasteiger partial charge in [0.2, 0.25) is 0 Å². The molecule has 0 aliphatic heterocycles. The van der Waals surface area contributed by atoms with Crippen LogP contribution in [0, 0.1) is 6.92 Å². The topological polar surface area (TPSA) is 12.4 Å². The van der Waals surface area contributed by atoms with E-state index in [1.807, 2.05) is 31.3 Å². The molecule has 0 amide bonds. The smallest absolute Gasteiger partial charge is 0.0673 e. The highest BCUT2D eigenvalue weighted by Crippen LogP contribution is 2.26. The third-order valence-corrected chi connectivity index (χ3v) is 4.39. The van der Waals surface area contributed by atoms with Gasteiger partial charge in [0.15, 0.2) is 0 Å². The Kier molecular flexibility index (Phi) is 5.58. The fraction of sp³-hybridized carbons (Fsp3) is 0.316. The van der Waals surface area contributed by atoms with E-state index in [2.05, 4.69) is 43.1 Å². The summed E-state index contributed by atoms with van der Waals surface area (Å²) in [6.45, 7) is 6.47. The lowest BCUT2D eigenvalue weighted by atomic mass is 9.93. The highest BCUT2D eigenvalue weighted by Gasteiger charge is 2.05. The molecule has 1 nitrogen and oxygen atoms in total. The van der Waals surface area contributed by atoms with Crippen molar-refractivity contribution < 1.29 is 0 Å². The molecule has 110 valence electrons. The Labute approximate surface area is 132 Å². The van der Waals surface area contributed by atoms with Crippen LogP contribution in [-0.4, -0.2) is 6.21 Å². The second-order valence-electron chi connectivity index (χ2n) is 5.32. The van der Waals surface area contributed by atoms with E-state index in [-0.39, 0.29) is 0 Å². The Bertz CT molecular complexity index is 610. The predicted octanol–water partition coefficient (Wildman–Crippen LogP) is 6.30. The van der Waals surface area contributed by atoms with Gasteiger partial charge in [-0.25, -0.2) is 0 Å². The van der Waals surface area contributed by atoms with Gasteiger partial charge in [-0.15, -0.1) is 0 Å². The first-order valence-electron chi connectivity index (χ1n) is 7.54. The van der Waals surface area contributed by atoms with Crippen molar-refractivity contribution in [3.05, 3.63) is 64.2 Å². The van der Waals surface area contributed by atoms with Gasteiger partial charge in [0.05, 0.1) is 5.69 Å². The van der Waals surface area contributed by atoms with Gasteiger partial charge in [0.1, 0.15) is 0 Å². The summed E-state index contributed by atoms with van der Waals surface area (Å²) < 4.78 is 0. The second-order valence-corrected chi connectivity index (χ2v) is 5.73. The van der Waals surface area contributed by atoms with Gasteiger partial charge in [-0.3, -0.25) is 4.99 Å². The molecule has 21 heavy (non-hydrogen) atoms. The highest BCUT2D eigenvalue weighted by molar-refractivity contribution is 6.31. The van der Waals surface area contributed by atoms with Crippen molar-refractivity contribution in [2.45, 2.75) is 39.5 Å². The van der Waals surface area contributed by atoms with Crippen molar-refractivity contribution in [3.8, 4) is 0 Å². The van der Waals surface area contributed by atoms with Crippen LogP contribution in [0.25, 0.3) is 0 Å². The minimum Gasteiger partial charge on any atom is -0.256 e. The molecule has 0 bridgehead atoms. The molecule has 0 fully saturated rings. The van der Waals surface area contributed by atoms with Gasteiger partial charge in [-0.1, -0.05) is 55.8 Å². The van der Waals surface area contributed by atoms with Crippen molar-refractivity contribution >= 4 is 23.5 Å². The first-order chi connectivity index (χ1) is 10.2. The largest absolute Gasteiger partial charge is 0.256 e. The van der Waals surface area contributed by atoms with Crippen LogP contribution in [0.15, 0.2) is 47.5 Å². The molecule has 0 saturated heterocycles. The zero-order valence-corrected chi connectivity index (χ0v) is 13.7. The molecule has 0 saturated carbocycles. The molecule has 2 heteroatoms. The van der Waals surface area contributed by atoms with Crippen molar-refractivity contribution in [1.29, 1.82) is 0 Å². The maximum atomic E-state index is 6.11. The zero-order valence-electron chi connectivity index (χ0n) is 12.9. The Hall–Kier alpha value is -1.60. The number of hydrogen-bond donors (Lipinski definition) is 0. The maximum absolute atomic E-state index is 6.11. The summed E-state index contributed by atoms with van der Waals surface area (Å²) in [6, 6.07) is 14.5. The average molecular weight is 300 g/mol. The van der Waals surface area contributed by atoms with Crippen LogP contribution in [0.4, 0.5) is 5.69 Å². The van der Waals surface area contributed by atoms with Crippen LogP contribution in [0.1, 0.15) is 49.3 Å². The van der Waals surface area contributed by atoms with Crippen LogP contribution in [0.2, 0.25) is 5.02 Å². The first kappa shape index (κ1) is 15.8. The third kappa shape index (κ3) is 3.95. The van der Waals surface area contributed by atoms with E-state index < -0.39 is 0 Å². The molecule has 2 aromatic rings. The van der Waals surface area contributed by atoms with E-state index in [0.717, 1.165) is 21.8 Å². The Morgan fingerprint density at radius 1 is 1.05 bits per heavy atom. The number of benzene rings is 2. The van der Waals surface area contributed by atoms with E-state index in [9.17, 15) is 0 Å². The van der Waals surface area contributed by atoms with Crippen LogP contribution < -0.4 is 0 Å². The molecule has 0 unspecified atom stereocenters. The van der Waals surface area contributed by atoms with Gasteiger partial charge in [-0.2, -0.15) is 0 Å². The molecular weight excluding hydrogens is 278 g/mol. The molecule has 0 radical (unpaired) electrons. The molecule has 0 N–H and O–H groups in total. The van der Waals surface area contributed by atoms with Crippen LogP contribution in [0.5, 0.6) is 0 Å². The van der Waals surface area contributed by atoms with Crippen molar-refractivity contribution in [2.75, 3.05) is 0 Å². The number of hydrogen-bond acceptors (Lipinski definition) is 1. The predicted molar refractivity (Wildman–Crippen MR) is 93.2 cm³/mol. The number of nitrogens with zero attached hydrogens (tertiary/aromatic N) is 1. The van der Waals surface area contributed by atoms with E-state index >= 15 is 0 Å². The highest BCUT2D eigenvalue weighted by atomic mass is 35.5.